The highest BCUT2D eigenvalue weighted by molar-refractivity contribution is 7.92. The summed E-state index contributed by atoms with van der Waals surface area (Å²) in [4.78, 5) is 0. The zero-order valence-electron chi connectivity index (χ0n) is 8.82. The highest BCUT2D eigenvalue weighted by Gasteiger charge is 2.41. The van der Waals surface area contributed by atoms with Gasteiger partial charge in [0.1, 0.15) is 0 Å². The lowest BCUT2D eigenvalue weighted by atomic mass is 10.0. The van der Waals surface area contributed by atoms with Crippen molar-refractivity contribution in [2.24, 2.45) is 5.73 Å². The molecule has 14 heavy (non-hydrogen) atoms. The van der Waals surface area contributed by atoms with Gasteiger partial charge in [0.05, 0.1) is 11.9 Å². The van der Waals surface area contributed by atoms with Gasteiger partial charge in [-0.3, -0.25) is 0 Å². The summed E-state index contributed by atoms with van der Waals surface area (Å²) in [6, 6.07) is 0. The fourth-order valence-electron chi connectivity index (χ4n) is 2.07. The molecule has 4 nitrogen and oxygen atoms in total. The Bertz CT molecular complexity index is 288. The van der Waals surface area contributed by atoms with Crippen molar-refractivity contribution in [1.29, 1.82) is 0 Å². The Morgan fingerprint density at radius 3 is 2.71 bits per heavy atom. The first-order valence-electron chi connectivity index (χ1n) is 4.93. The molecule has 0 radical (unpaired) electrons. The van der Waals surface area contributed by atoms with E-state index in [2.05, 4.69) is 0 Å². The highest BCUT2D eigenvalue weighted by Crippen LogP contribution is 2.32. The number of hydrogen-bond acceptors (Lipinski definition) is 4. The summed E-state index contributed by atoms with van der Waals surface area (Å²) in [6.45, 7) is 2.13. The van der Waals surface area contributed by atoms with Gasteiger partial charge in [-0.2, -0.15) is 0 Å². The zero-order valence-corrected chi connectivity index (χ0v) is 9.64. The second-order valence-electron chi connectivity index (χ2n) is 4.11. The average Bonchev–Trinajstić information content (AvgIpc) is 2.49. The molecule has 1 aliphatic rings. The number of sulfone groups is 1. The molecule has 1 aliphatic carbocycles. The number of methoxy groups -OCH3 is 1. The van der Waals surface area contributed by atoms with Crippen molar-refractivity contribution >= 4 is 9.84 Å². The molecule has 0 amide bonds. The molecule has 1 fully saturated rings. The van der Waals surface area contributed by atoms with Crippen molar-refractivity contribution in [2.75, 3.05) is 19.5 Å². The smallest absolute Gasteiger partial charge is 0.152 e. The molecule has 0 aromatic heterocycles. The lowest BCUT2D eigenvalue weighted by Crippen LogP contribution is -2.42. The summed E-state index contributed by atoms with van der Waals surface area (Å²) in [5.74, 6) is 0.209. The maximum Gasteiger partial charge on any atom is 0.152 e. The maximum atomic E-state index is 11.6. The van der Waals surface area contributed by atoms with E-state index < -0.39 is 15.4 Å². The van der Waals surface area contributed by atoms with Gasteiger partial charge in [0, 0.05) is 18.4 Å². The van der Waals surface area contributed by atoms with Gasteiger partial charge in [-0.05, 0) is 19.3 Å². The number of nitrogens with two attached hydrogens (primary N) is 1. The third kappa shape index (κ3) is 2.46. The molecule has 2 N–H and O–H groups in total. The molecule has 0 unspecified atom stereocenters. The molecular formula is C9H19NO3S. The summed E-state index contributed by atoms with van der Waals surface area (Å²) in [6.07, 6.45) is 1.96. The van der Waals surface area contributed by atoms with Crippen molar-refractivity contribution in [2.45, 2.75) is 37.0 Å². The molecule has 0 aromatic carbocycles. The van der Waals surface area contributed by atoms with Gasteiger partial charge in [-0.1, -0.05) is 6.92 Å². The van der Waals surface area contributed by atoms with Crippen LogP contribution in [0.3, 0.4) is 0 Å². The Morgan fingerprint density at radius 2 is 2.21 bits per heavy atom. The third-order valence-corrected chi connectivity index (χ3v) is 5.16. The molecular weight excluding hydrogens is 202 g/mol. The topological polar surface area (TPSA) is 69.4 Å². The van der Waals surface area contributed by atoms with Crippen LogP contribution in [0.25, 0.3) is 0 Å². The van der Waals surface area contributed by atoms with Crippen molar-refractivity contribution in [3.63, 3.8) is 0 Å². The Balaban J connectivity index is 2.66. The molecule has 84 valence electrons. The van der Waals surface area contributed by atoms with Crippen molar-refractivity contribution in [3.05, 3.63) is 0 Å². The van der Waals surface area contributed by atoms with Gasteiger partial charge in [0.25, 0.3) is 0 Å². The van der Waals surface area contributed by atoms with Crippen LogP contribution >= 0.6 is 0 Å². The minimum atomic E-state index is -2.92. The first kappa shape index (κ1) is 11.9. The van der Waals surface area contributed by atoms with Crippen LogP contribution in [0.1, 0.15) is 26.2 Å². The normalized spacial score (nSPS) is 33.5. The minimum Gasteiger partial charge on any atom is -0.383 e. The zero-order chi connectivity index (χ0) is 10.8. The van der Waals surface area contributed by atoms with Gasteiger partial charge in [0.2, 0.25) is 0 Å². The quantitative estimate of drug-likeness (QED) is 0.742. The van der Waals surface area contributed by atoms with E-state index in [1.54, 1.807) is 14.0 Å². The predicted molar refractivity (Wildman–Crippen MR) is 55.9 cm³/mol. The minimum absolute atomic E-state index is 0.209. The number of rotatable bonds is 4. The fraction of sp³-hybridized carbons (Fsp3) is 1.00. The van der Waals surface area contributed by atoms with Crippen molar-refractivity contribution < 1.29 is 13.2 Å². The molecule has 1 saturated carbocycles. The van der Waals surface area contributed by atoms with Crippen molar-refractivity contribution in [1.82, 2.24) is 0 Å². The van der Waals surface area contributed by atoms with E-state index in [1.165, 1.54) is 0 Å². The Labute approximate surface area is 85.7 Å². The summed E-state index contributed by atoms with van der Waals surface area (Å²) >= 11 is 0. The van der Waals surface area contributed by atoms with Crippen molar-refractivity contribution in [3.8, 4) is 0 Å². The second kappa shape index (κ2) is 4.16. The second-order valence-corrected chi connectivity index (χ2v) is 6.68. The molecule has 0 saturated heterocycles. The molecule has 0 spiro atoms. The van der Waals surface area contributed by atoms with Crippen LogP contribution in [-0.2, 0) is 14.6 Å². The summed E-state index contributed by atoms with van der Waals surface area (Å²) in [5, 5.41) is -0.257. The third-order valence-electron chi connectivity index (χ3n) is 2.94. The monoisotopic (exact) mass is 221 g/mol. The number of ether oxygens (including phenoxy) is 1. The van der Waals surface area contributed by atoms with Crippen LogP contribution in [0.2, 0.25) is 0 Å². The Kier molecular flexibility index (Phi) is 3.55. The standard InChI is InChI=1S/C9H19NO3S/c1-3-14(11,12)8-4-5-9(10,6-8)7-13-2/h8H,3-7,10H2,1-2H3/t8-,9+/m0/s1. The van der Waals surface area contributed by atoms with Gasteiger partial charge >= 0.3 is 0 Å². The summed E-state index contributed by atoms with van der Waals surface area (Å²) in [5.41, 5.74) is 5.59. The maximum absolute atomic E-state index is 11.6. The van der Waals surface area contributed by atoms with E-state index in [-0.39, 0.29) is 11.0 Å². The van der Waals surface area contributed by atoms with Gasteiger partial charge < -0.3 is 10.5 Å². The van der Waals surface area contributed by atoms with Crippen LogP contribution in [0.15, 0.2) is 0 Å². The first-order valence-corrected chi connectivity index (χ1v) is 6.64. The molecule has 5 heteroatoms. The SMILES string of the molecule is CCS(=O)(=O)[C@H]1CC[C@](N)(COC)C1. The van der Waals surface area contributed by atoms with Gasteiger partial charge in [-0.25, -0.2) is 8.42 Å². The van der Waals surface area contributed by atoms with E-state index >= 15 is 0 Å². The predicted octanol–water partition coefficient (Wildman–Crippen LogP) is 0.317. The molecule has 0 aliphatic heterocycles. The molecule has 0 heterocycles. The van der Waals surface area contributed by atoms with E-state index in [1.807, 2.05) is 0 Å². The van der Waals surface area contributed by atoms with E-state index in [0.717, 1.165) is 6.42 Å². The largest absolute Gasteiger partial charge is 0.383 e. The molecule has 2 atom stereocenters. The van der Waals surface area contributed by atoms with Gasteiger partial charge in [-0.15, -0.1) is 0 Å². The van der Waals surface area contributed by atoms with Crippen LogP contribution in [0, 0.1) is 0 Å². The average molecular weight is 221 g/mol. The summed E-state index contributed by atoms with van der Waals surface area (Å²) < 4.78 is 28.2. The molecule has 0 bridgehead atoms. The lowest BCUT2D eigenvalue weighted by molar-refractivity contribution is 0.135. The van der Waals surface area contributed by atoms with Crippen LogP contribution < -0.4 is 5.73 Å². The highest BCUT2D eigenvalue weighted by atomic mass is 32.2. The summed E-state index contributed by atoms with van der Waals surface area (Å²) in [7, 11) is -1.33. The molecule has 1 rings (SSSR count). The van der Waals surface area contributed by atoms with Gasteiger partial charge in [0.15, 0.2) is 9.84 Å². The van der Waals surface area contributed by atoms with Crippen LogP contribution in [0.4, 0.5) is 0 Å². The first-order chi connectivity index (χ1) is 6.43. The van der Waals surface area contributed by atoms with E-state index in [9.17, 15) is 8.42 Å². The fourth-order valence-corrected chi connectivity index (χ4v) is 3.60. The van der Waals surface area contributed by atoms with E-state index in [0.29, 0.717) is 19.4 Å². The van der Waals surface area contributed by atoms with E-state index in [4.69, 9.17) is 10.5 Å². The van der Waals surface area contributed by atoms with Crippen LogP contribution in [-0.4, -0.2) is 38.7 Å². The Morgan fingerprint density at radius 1 is 1.57 bits per heavy atom. The lowest BCUT2D eigenvalue weighted by Gasteiger charge is -2.22. The van der Waals surface area contributed by atoms with Crippen LogP contribution in [0.5, 0.6) is 0 Å². The number of hydrogen-bond donors (Lipinski definition) is 1. The Hall–Kier alpha value is -0.130. The molecule has 0 aromatic rings.